The van der Waals surface area contributed by atoms with Gasteiger partial charge in [-0.2, -0.15) is 0 Å². The minimum Gasteiger partial charge on any atom is -0.459 e. The Morgan fingerprint density at radius 2 is 1.65 bits per heavy atom. The number of esters is 1. The first-order chi connectivity index (χ1) is 14.7. The molecule has 0 bridgehead atoms. The van der Waals surface area contributed by atoms with Crippen molar-refractivity contribution in [2.45, 2.75) is 61.4 Å². The van der Waals surface area contributed by atoms with Gasteiger partial charge < -0.3 is 54.7 Å². The molecule has 0 radical (unpaired) electrons. The van der Waals surface area contributed by atoms with E-state index in [1.165, 1.54) is 0 Å². The molecule has 9 atom stereocenters. The van der Waals surface area contributed by atoms with Crippen molar-refractivity contribution in [3.05, 3.63) is 35.9 Å². The molecule has 12 nitrogen and oxygen atoms in total. The van der Waals surface area contributed by atoms with Gasteiger partial charge in [0, 0.05) is 0 Å². The van der Waals surface area contributed by atoms with Crippen molar-refractivity contribution < 1.29 is 59.5 Å². The van der Waals surface area contributed by atoms with Crippen molar-refractivity contribution in [1.82, 2.24) is 0 Å². The fraction of sp³-hybridized carbons (Fsp3) is 0.632. The first kappa shape index (κ1) is 23.9. The molecule has 0 aliphatic carbocycles. The molecule has 2 aliphatic heterocycles. The standard InChI is InChI=1S/C19H26O12/c20-6-10-11(22)16(26)19(8-21,30-10)31-18-14(25)12(23)13(24)15(29-18)17(27)28-7-9-4-2-1-3-5-9/h1-5,10-16,18,20-26H,6-8H2/t10-,11+,12?,13-,14+,15?,16?,18-,19+/m1/s1. The maximum Gasteiger partial charge on any atom is 0.338 e. The van der Waals surface area contributed by atoms with Crippen LogP contribution in [-0.4, -0.2) is 110 Å². The van der Waals surface area contributed by atoms with Crippen LogP contribution < -0.4 is 0 Å². The summed E-state index contributed by atoms with van der Waals surface area (Å²) in [5.74, 6) is -3.39. The highest BCUT2D eigenvalue weighted by Crippen LogP contribution is 2.36. The van der Waals surface area contributed by atoms with Crippen LogP contribution in [0.5, 0.6) is 0 Å². The quantitative estimate of drug-likeness (QED) is 0.203. The van der Waals surface area contributed by atoms with Gasteiger partial charge in [0.15, 0.2) is 12.4 Å². The lowest BCUT2D eigenvalue weighted by Gasteiger charge is -2.42. The monoisotopic (exact) mass is 446 g/mol. The number of hydrogen-bond donors (Lipinski definition) is 7. The molecule has 1 aromatic carbocycles. The Morgan fingerprint density at radius 3 is 2.23 bits per heavy atom. The van der Waals surface area contributed by atoms with Gasteiger partial charge in [0.2, 0.25) is 5.79 Å². The Labute approximate surface area is 176 Å². The van der Waals surface area contributed by atoms with Crippen molar-refractivity contribution >= 4 is 5.97 Å². The molecule has 3 unspecified atom stereocenters. The zero-order valence-electron chi connectivity index (χ0n) is 16.3. The Morgan fingerprint density at radius 1 is 0.968 bits per heavy atom. The zero-order chi connectivity index (χ0) is 22.8. The van der Waals surface area contributed by atoms with Gasteiger partial charge in [-0.3, -0.25) is 0 Å². The van der Waals surface area contributed by atoms with Gasteiger partial charge in [0.05, 0.1) is 6.61 Å². The Kier molecular flexibility index (Phi) is 7.59. The van der Waals surface area contributed by atoms with E-state index in [1.54, 1.807) is 30.3 Å². The van der Waals surface area contributed by atoms with E-state index in [9.17, 15) is 40.5 Å². The van der Waals surface area contributed by atoms with Crippen molar-refractivity contribution in [2.24, 2.45) is 0 Å². The van der Waals surface area contributed by atoms with Crippen LogP contribution in [0.4, 0.5) is 0 Å². The molecule has 3 rings (SSSR count). The SMILES string of the molecule is O=C(OCc1ccccc1)C1O[C@H](O[C@]2(CO)O[C@H](CO)[C@H](O)C2O)[C@@H](O)C(O)[C@H]1O. The van der Waals surface area contributed by atoms with Gasteiger partial charge in [0.1, 0.15) is 49.8 Å². The first-order valence-corrected chi connectivity index (χ1v) is 9.57. The highest BCUT2D eigenvalue weighted by Gasteiger charge is 2.59. The van der Waals surface area contributed by atoms with E-state index in [2.05, 4.69) is 0 Å². The summed E-state index contributed by atoms with van der Waals surface area (Å²) in [6.45, 7) is -1.90. The fourth-order valence-electron chi connectivity index (χ4n) is 3.42. The van der Waals surface area contributed by atoms with Gasteiger partial charge >= 0.3 is 5.97 Å². The molecule has 0 amide bonds. The van der Waals surface area contributed by atoms with Crippen LogP contribution in [0, 0.1) is 0 Å². The van der Waals surface area contributed by atoms with Crippen molar-refractivity contribution in [2.75, 3.05) is 13.2 Å². The van der Waals surface area contributed by atoms with E-state index in [0.717, 1.165) is 0 Å². The predicted molar refractivity (Wildman–Crippen MR) is 97.8 cm³/mol. The number of rotatable bonds is 7. The summed E-state index contributed by atoms with van der Waals surface area (Å²) < 4.78 is 20.9. The normalized spacial score (nSPS) is 40.6. The average molecular weight is 446 g/mol. The molecular formula is C19H26O12. The van der Waals surface area contributed by atoms with Crippen LogP contribution in [0.15, 0.2) is 30.3 Å². The molecule has 12 heteroatoms. The van der Waals surface area contributed by atoms with E-state index in [-0.39, 0.29) is 6.61 Å². The first-order valence-electron chi connectivity index (χ1n) is 9.57. The second-order valence-corrected chi connectivity index (χ2v) is 7.35. The lowest BCUT2D eigenvalue weighted by molar-refractivity contribution is -0.379. The second-order valence-electron chi connectivity index (χ2n) is 7.35. The van der Waals surface area contributed by atoms with E-state index in [1.807, 2.05) is 0 Å². The van der Waals surface area contributed by atoms with Gasteiger partial charge in [-0.15, -0.1) is 0 Å². The number of aliphatic hydroxyl groups excluding tert-OH is 7. The predicted octanol–water partition coefficient (Wildman–Crippen LogP) is -3.64. The minimum absolute atomic E-state index is 0.150. The van der Waals surface area contributed by atoms with Crippen LogP contribution in [0.3, 0.4) is 0 Å². The smallest absolute Gasteiger partial charge is 0.338 e. The molecule has 2 saturated heterocycles. The Bertz CT molecular complexity index is 732. The third-order valence-electron chi connectivity index (χ3n) is 5.25. The largest absolute Gasteiger partial charge is 0.459 e. The third kappa shape index (κ3) is 4.73. The number of benzene rings is 1. The number of carbonyl (C=O) groups excluding carboxylic acids is 1. The number of aliphatic hydroxyl groups is 7. The van der Waals surface area contributed by atoms with Gasteiger partial charge in [0.25, 0.3) is 0 Å². The highest BCUT2D eigenvalue weighted by atomic mass is 16.8. The summed E-state index contributed by atoms with van der Waals surface area (Å²) in [6, 6.07) is 8.63. The van der Waals surface area contributed by atoms with Crippen molar-refractivity contribution in [3.63, 3.8) is 0 Å². The summed E-state index contributed by atoms with van der Waals surface area (Å²) in [7, 11) is 0. The molecule has 1 aromatic rings. The molecule has 2 heterocycles. The summed E-state index contributed by atoms with van der Waals surface area (Å²) in [5, 5.41) is 69.6. The third-order valence-corrected chi connectivity index (χ3v) is 5.25. The van der Waals surface area contributed by atoms with Crippen molar-refractivity contribution in [3.8, 4) is 0 Å². The summed E-state index contributed by atoms with van der Waals surface area (Å²) in [4.78, 5) is 12.4. The van der Waals surface area contributed by atoms with Crippen LogP contribution in [0.25, 0.3) is 0 Å². The Balaban J connectivity index is 1.72. The summed E-state index contributed by atoms with van der Waals surface area (Å²) in [6.07, 6.45) is -14.2. The van der Waals surface area contributed by atoms with Crippen LogP contribution in [0.1, 0.15) is 5.56 Å². The molecule has 0 saturated carbocycles. The van der Waals surface area contributed by atoms with E-state index >= 15 is 0 Å². The maximum absolute atomic E-state index is 12.4. The fourth-order valence-corrected chi connectivity index (χ4v) is 3.42. The van der Waals surface area contributed by atoms with E-state index in [4.69, 9.17) is 18.9 Å². The summed E-state index contributed by atoms with van der Waals surface area (Å²) in [5.41, 5.74) is 0.653. The molecule has 7 N–H and O–H groups in total. The molecule has 2 aliphatic rings. The number of hydrogen-bond acceptors (Lipinski definition) is 12. The lowest BCUT2D eigenvalue weighted by atomic mass is 9.98. The Hall–Kier alpha value is -1.71. The molecule has 31 heavy (non-hydrogen) atoms. The lowest BCUT2D eigenvalue weighted by Crippen LogP contribution is -2.63. The van der Waals surface area contributed by atoms with E-state index < -0.39 is 74.0 Å². The molecule has 2 fully saturated rings. The van der Waals surface area contributed by atoms with Crippen LogP contribution in [0.2, 0.25) is 0 Å². The van der Waals surface area contributed by atoms with Crippen LogP contribution >= 0.6 is 0 Å². The number of carbonyl (C=O) groups is 1. The molecule has 0 aromatic heterocycles. The summed E-state index contributed by atoms with van der Waals surface area (Å²) >= 11 is 0. The van der Waals surface area contributed by atoms with E-state index in [0.29, 0.717) is 5.56 Å². The molecule has 174 valence electrons. The second kappa shape index (κ2) is 9.83. The van der Waals surface area contributed by atoms with Crippen molar-refractivity contribution in [1.29, 1.82) is 0 Å². The minimum atomic E-state index is -2.33. The maximum atomic E-state index is 12.4. The zero-order valence-corrected chi connectivity index (χ0v) is 16.3. The average Bonchev–Trinajstić information content (AvgIpc) is 3.03. The topological polar surface area (TPSA) is 196 Å². The molecular weight excluding hydrogens is 420 g/mol. The molecule has 0 spiro atoms. The number of ether oxygens (including phenoxy) is 4. The van der Waals surface area contributed by atoms with Gasteiger partial charge in [-0.05, 0) is 5.56 Å². The van der Waals surface area contributed by atoms with Gasteiger partial charge in [-0.25, -0.2) is 4.79 Å². The van der Waals surface area contributed by atoms with Gasteiger partial charge in [-0.1, -0.05) is 30.3 Å². The van der Waals surface area contributed by atoms with Crippen LogP contribution in [-0.2, 0) is 30.3 Å². The highest BCUT2D eigenvalue weighted by molar-refractivity contribution is 5.75.